The number of rotatable bonds is 5. The minimum absolute atomic E-state index is 0.0221. The van der Waals surface area contributed by atoms with Crippen LogP contribution >= 0.6 is 0 Å². The molecule has 0 radical (unpaired) electrons. The van der Waals surface area contributed by atoms with E-state index in [0.717, 1.165) is 22.2 Å². The summed E-state index contributed by atoms with van der Waals surface area (Å²) in [6, 6.07) is 9.73. The SMILES string of the molecule is CC(C)OC1=NNC/C1=C\c1cc2ccccc2n1C(=O)OCCN(C)C. The van der Waals surface area contributed by atoms with Crippen molar-refractivity contribution in [3.05, 3.63) is 41.6 Å². The van der Waals surface area contributed by atoms with Crippen LogP contribution in [0, 0.1) is 0 Å². The topological polar surface area (TPSA) is 68.1 Å². The zero-order valence-electron chi connectivity index (χ0n) is 16.2. The van der Waals surface area contributed by atoms with Crippen LogP contribution in [0.3, 0.4) is 0 Å². The molecule has 2 aromatic rings. The lowest BCUT2D eigenvalue weighted by molar-refractivity contribution is 0.139. The summed E-state index contributed by atoms with van der Waals surface area (Å²) in [5.41, 5.74) is 5.39. The zero-order valence-corrected chi connectivity index (χ0v) is 16.2. The third kappa shape index (κ3) is 4.49. The van der Waals surface area contributed by atoms with Crippen molar-refractivity contribution in [2.24, 2.45) is 5.10 Å². The van der Waals surface area contributed by atoms with E-state index < -0.39 is 0 Å². The largest absolute Gasteiger partial charge is 0.474 e. The highest BCUT2D eigenvalue weighted by Gasteiger charge is 2.20. The number of ether oxygens (including phenoxy) is 2. The number of nitrogens with zero attached hydrogens (tertiary/aromatic N) is 3. The van der Waals surface area contributed by atoms with Gasteiger partial charge in [0.1, 0.15) is 6.61 Å². The predicted molar refractivity (Wildman–Crippen MR) is 107 cm³/mol. The van der Waals surface area contributed by atoms with E-state index in [1.165, 1.54) is 0 Å². The van der Waals surface area contributed by atoms with Crippen molar-refractivity contribution in [3.8, 4) is 0 Å². The summed E-state index contributed by atoms with van der Waals surface area (Å²) in [6.45, 7) is 5.47. The van der Waals surface area contributed by atoms with Gasteiger partial charge in [0, 0.05) is 17.5 Å². The predicted octanol–water partition coefficient (Wildman–Crippen LogP) is 2.91. The van der Waals surface area contributed by atoms with E-state index in [1.807, 2.05) is 69.3 Å². The van der Waals surface area contributed by atoms with Crippen molar-refractivity contribution >= 4 is 29.0 Å². The summed E-state index contributed by atoms with van der Waals surface area (Å²) >= 11 is 0. The highest BCUT2D eigenvalue weighted by atomic mass is 16.5. The van der Waals surface area contributed by atoms with Crippen LogP contribution in [0.1, 0.15) is 19.5 Å². The molecule has 1 aliphatic rings. The standard InChI is InChI=1S/C20H26N4O3/c1-14(2)27-19-16(13-21-22-19)12-17-11-15-7-5-6-8-18(15)24(17)20(25)26-10-9-23(3)4/h5-8,11-12,14,21H,9-10,13H2,1-4H3/b16-12+. The molecule has 0 spiro atoms. The fourth-order valence-electron chi connectivity index (χ4n) is 2.83. The molecular formula is C20H26N4O3. The van der Waals surface area contributed by atoms with E-state index in [2.05, 4.69) is 10.5 Å². The van der Waals surface area contributed by atoms with Crippen LogP contribution in [0.25, 0.3) is 17.0 Å². The number of carbonyl (C=O) groups excluding carboxylic acids is 1. The molecule has 0 aliphatic carbocycles. The number of hydrazone groups is 1. The molecule has 0 unspecified atom stereocenters. The van der Waals surface area contributed by atoms with Gasteiger partial charge in [0.2, 0.25) is 5.90 Å². The van der Waals surface area contributed by atoms with Crippen molar-refractivity contribution < 1.29 is 14.3 Å². The van der Waals surface area contributed by atoms with Crippen LogP contribution < -0.4 is 5.43 Å². The van der Waals surface area contributed by atoms with E-state index in [4.69, 9.17) is 9.47 Å². The molecular weight excluding hydrogens is 344 g/mol. The first-order chi connectivity index (χ1) is 13.0. The number of carbonyl (C=O) groups is 1. The summed E-state index contributed by atoms with van der Waals surface area (Å²) in [7, 11) is 3.88. The second-order valence-electron chi connectivity index (χ2n) is 6.97. The number of para-hydroxylation sites is 1. The quantitative estimate of drug-likeness (QED) is 0.876. The van der Waals surface area contributed by atoms with E-state index in [1.54, 1.807) is 4.57 Å². The Morgan fingerprint density at radius 2 is 2.15 bits per heavy atom. The lowest BCUT2D eigenvalue weighted by Crippen LogP contribution is -2.23. The fraction of sp³-hybridized carbons (Fsp3) is 0.400. The first kappa shape index (κ1) is 19.0. The van der Waals surface area contributed by atoms with Crippen LogP contribution in [0.4, 0.5) is 4.79 Å². The lowest BCUT2D eigenvalue weighted by Gasteiger charge is -2.12. The lowest BCUT2D eigenvalue weighted by atomic mass is 10.2. The van der Waals surface area contributed by atoms with Gasteiger partial charge in [-0.3, -0.25) is 0 Å². The van der Waals surface area contributed by atoms with Gasteiger partial charge in [-0.1, -0.05) is 18.2 Å². The van der Waals surface area contributed by atoms with Crippen molar-refractivity contribution in [1.29, 1.82) is 0 Å². The molecule has 1 aromatic carbocycles. The number of aromatic nitrogens is 1. The Morgan fingerprint density at radius 3 is 2.89 bits per heavy atom. The minimum Gasteiger partial charge on any atom is -0.474 e. The first-order valence-corrected chi connectivity index (χ1v) is 9.06. The molecule has 7 heteroatoms. The van der Waals surface area contributed by atoms with Gasteiger partial charge in [0.15, 0.2) is 0 Å². The average molecular weight is 370 g/mol. The third-order valence-electron chi connectivity index (χ3n) is 4.08. The van der Waals surface area contributed by atoms with Crippen LogP contribution in [-0.4, -0.2) is 61.4 Å². The van der Waals surface area contributed by atoms with Gasteiger partial charge in [-0.25, -0.2) is 9.36 Å². The zero-order chi connectivity index (χ0) is 19.4. The number of nitrogens with one attached hydrogen (secondary N) is 1. The Hall–Kier alpha value is -2.80. The van der Waals surface area contributed by atoms with E-state index in [-0.39, 0.29) is 12.2 Å². The number of fused-ring (bicyclic) bond motifs is 1. The average Bonchev–Trinajstić information content (AvgIpc) is 3.18. The van der Waals surface area contributed by atoms with Gasteiger partial charge in [-0.15, -0.1) is 5.10 Å². The molecule has 0 saturated heterocycles. The normalized spacial score (nSPS) is 15.5. The van der Waals surface area contributed by atoms with Gasteiger partial charge in [-0.2, -0.15) is 0 Å². The van der Waals surface area contributed by atoms with Crippen LogP contribution in [0.15, 0.2) is 41.0 Å². The number of hydrogen-bond donors (Lipinski definition) is 1. The third-order valence-corrected chi connectivity index (χ3v) is 4.08. The Kier molecular flexibility index (Phi) is 5.81. The second kappa shape index (κ2) is 8.26. The summed E-state index contributed by atoms with van der Waals surface area (Å²) < 4.78 is 12.8. The monoisotopic (exact) mass is 370 g/mol. The van der Waals surface area contributed by atoms with Gasteiger partial charge in [0.25, 0.3) is 0 Å². The summed E-state index contributed by atoms with van der Waals surface area (Å²) in [4.78, 5) is 14.7. The minimum atomic E-state index is -0.390. The summed E-state index contributed by atoms with van der Waals surface area (Å²) in [6.07, 6.45) is 1.56. The molecule has 0 amide bonds. The first-order valence-electron chi connectivity index (χ1n) is 9.06. The van der Waals surface area contributed by atoms with Crippen molar-refractivity contribution in [2.45, 2.75) is 20.0 Å². The van der Waals surface area contributed by atoms with Crippen LogP contribution in [0.5, 0.6) is 0 Å². The Balaban J connectivity index is 1.94. The maximum atomic E-state index is 12.8. The van der Waals surface area contributed by atoms with Crippen molar-refractivity contribution in [1.82, 2.24) is 14.9 Å². The Bertz CT molecular complexity index is 880. The molecule has 2 heterocycles. The molecule has 27 heavy (non-hydrogen) atoms. The second-order valence-corrected chi connectivity index (χ2v) is 6.97. The molecule has 1 aromatic heterocycles. The maximum absolute atomic E-state index is 12.8. The van der Waals surface area contributed by atoms with E-state index >= 15 is 0 Å². The molecule has 0 saturated carbocycles. The Labute approximate surface area is 159 Å². The smallest absolute Gasteiger partial charge is 0.419 e. The highest BCUT2D eigenvalue weighted by Crippen LogP contribution is 2.23. The molecule has 1 aliphatic heterocycles. The van der Waals surface area contributed by atoms with Crippen molar-refractivity contribution in [3.63, 3.8) is 0 Å². The fourth-order valence-corrected chi connectivity index (χ4v) is 2.83. The van der Waals surface area contributed by atoms with E-state index in [0.29, 0.717) is 25.6 Å². The van der Waals surface area contributed by atoms with Gasteiger partial charge in [0.05, 0.1) is 23.9 Å². The summed E-state index contributed by atoms with van der Waals surface area (Å²) in [5.74, 6) is 0.558. The highest BCUT2D eigenvalue weighted by molar-refractivity contribution is 6.01. The maximum Gasteiger partial charge on any atom is 0.419 e. The van der Waals surface area contributed by atoms with Crippen LogP contribution in [-0.2, 0) is 9.47 Å². The van der Waals surface area contributed by atoms with E-state index in [9.17, 15) is 4.79 Å². The van der Waals surface area contributed by atoms with Gasteiger partial charge in [-0.05, 0) is 46.2 Å². The molecule has 0 fully saturated rings. The number of hydrogen-bond acceptors (Lipinski definition) is 6. The van der Waals surface area contributed by atoms with Crippen LogP contribution in [0.2, 0.25) is 0 Å². The molecule has 3 rings (SSSR count). The van der Waals surface area contributed by atoms with Crippen molar-refractivity contribution in [2.75, 3.05) is 33.8 Å². The van der Waals surface area contributed by atoms with Gasteiger partial charge < -0.3 is 19.8 Å². The number of benzene rings is 1. The molecule has 1 N–H and O–H groups in total. The Morgan fingerprint density at radius 1 is 1.37 bits per heavy atom. The number of likely N-dealkylation sites (N-methyl/N-ethyl adjacent to an activating group) is 1. The molecule has 144 valence electrons. The molecule has 0 atom stereocenters. The molecule has 0 bridgehead atoms. The molecule has 7 nitrogen and oxygen atoms in total. The summed E-state index contributed by atoms with van der Waals surface area (Å²) in [5, 5.41) is 5.17. The van der Waals surface area contributed by atoms with Gasteiger partial charge >= 0.3 is 6.09 Å².